The first-order chi connectivity index (χ1) is 9.82. The van der Waals surface area contributed by atoms with E-state index in [9.17, 15) is 14.4 Å². The minimum absolute atomic E-state index is 0.235. The van der Waals surface area contributed by atoms with Crippen LogP contribution in [0.3, 0.4) is 0 Å². The fourth-order valence-corrected chi connectivity index (χ4v) is 2.07. The average molecular weight is 328 g/mol. The second-order valence-corrected chi connectivity index (χ2v) is 5.33. The number of anilines is 1. The van der Waals surface area contributed by atoms with Gasteiger partial charge in [0.25, 0.3) is 11.8 Å². The monoisotopic (exact) mass is 327 g/mol. The van der Waals surface area contributed by atoms with E-state index >= 15 is 0 Å². The summed E-state index contributed by atoms with van der Waals surface area (Å²) in [4.78, 5) is 36.2. The predicted octanol–water partition coefficient (Wildman–Crippen LogP) is 2.81. The Kier molecular flexibility index (Phi) is 4.34. The van der Waals surface area contributed by atoms with Gasteiger partial charge in [0.2, 0.25) is 0 Å². The zero-order valence-corrected chi connectivity index (χ0v) is 12.7. The Balaban J connectivity index is 2.23. The summed E-state index contributed by atoms with van der Waals surface area (Å²) in [7, 11) is 0. The van der Waals surface area contributed by atoms with Crippen molar-refractivity contribution in [2.45, 2.75) is 20.0 Å². The molecular weight excluding hydrogens is 317 g/mol. The lowest BCUT2D eigenvalue weighted by Gasteiger charge is -2.14. The zero-order chi connectivity index (χ0) is 15.7. The van der Waals surface area contributed by atoms with Crippen molar-refractivity contribution in [1.29, 1.82) is 0 Å². The number of hydrogen-bond acceptors (Lipinski definition) is 4. The summed E-state index contributed by atoms with van der Waals surface area (Å²) in [5.74, 6) is -1.86. The van der Waals surface area contributed by atoms with Crippen molar-refractivity contribution in [2.75, 3.05) is 4.90 Å². The molecule has 0 spiro atoms. The molecule has 110 valence electrons. The lowest BCUT2D eigenvalue weighted by Crippen LogP contribution is -2.30. The maximum atomic E-state index is 11.8. The number of hydrogen-bond donors (Lipinski definition) is 0. The smallest absolute Gasteiger partial charge is 0.338 e. The molecule has 1 aliphatic heterocycles. The zero-order valence-electron chi connectivity index (χ0n) is 11.2. The van der Waals surface area contributed by atoms with Gasteiger partial charge in [-0.15, -0.1) is 0 Å². The molecule has 0 aliphatic carbocycles. The lowest BCUT2D eigenvalue weighted by atomic mass is 10.2. The largest absolute Gasteiger partial charge is 0.459 e. The van der Waals surface area contributed by atoms with Gasteiger partial charge in [-0.3, -0.25) is 9.59 Å². The van der Waals surface area contributed by atoms with Gasteiger partial charge < -0.3 is 4.74 Å². The number of nitrogens with zero attached hydrogens (tertiary/aromatic N) is 1. The summed E-state index contributed by atoms with van der Waals surface area (Å²) >= 11 is 11.3. The van der Waals surface area contributed by atoms with E-state index in [2.05, 4.69) is 0 Å². The van der Waals surface area contributed by atoms with Crippen molar-refractivity contribution in [3.05, 3.63) is 39.9 Å². The molecule has 0 N–H and O–H groups in total. The van der Waals surface area contributed by atoms with Crippen LogP contribution in [0.4, 0.5) is 5.69 Å². The molecule has 1 aliphatic rings. The Morgan fingerprint density at radius 3 is 1.95 bits per heavy atom. The molecule has 0 unspecified atom stereocenters. The Morgan fingerprint density at radius 1 is 1.05 bits per heavy atom. The molecule has 5 nitrogen and oxygen atoms in total. The number of benzene rings is 1. The number of halogens is 2. The van der Waals surface area contributed by atoms with Crippen molar-refractivity contribution >= 4 is 46.7 Å². The topological polar surface area (TPSA) is 63.7 Å². The van der Waals surface area contributed by atoms with E-state index in [1.807, 2.05) is 0 Å². The van der Waals surface area contributed by atoms with Crippen LogP contribution in [-0.4, -0.2) is 23.9 Å². The van der Waals surface area contributed by atoms with Crippen LogP contribution in [0.2, 0.25) is 0 Å². The van der Waals surface area contributed by atoms with Gasteiger partial charge >= 0.3 is 5.97 Å². The highest BCUT2D eigenvalue weighted by atomic mass is 35.5. The van der Waals surface area contributed by atoms with Gasteiger partial charge in [-0.1, -0.05) is 23.2 Å². The number of ether oxygens (including phenoxy) is 1. The molecule has 1 aromatic rings. The van der Waals surface area contributed by atoms with Crippen molar-refractivity contribution in [3.63, 3.8) is 0 Å². The fraction of sp³-hybridized carbons (Fsp3) is 0.214. The van der Waals surface area contributed by atoms with Crippen LogP contribution >= 0.6 is 23.2 Å². The van der Waals surface area contributed by atoms with Gasteiger partial charge in [-0.2, -0.15) is 0 Å². The number of carbonyl (C=O) groups excluding carboxylic acids is 3. The molecule has 2 amide bonds. The Labute approximate surface area is 131 Å². The summed E-state index contributed by atoms with van der Waals surface area (Å²) in [6.07, 6.45) is -0.235. The Hall–Kier alpha value is -1.85. The molecule has 0 fully saturated rings. The molecule has 2 rings (SSSR count). The summed E-state index contributed by atoms with van der Waals surface area (Å²) in [5.41, 5.74) is 0.594. The van der Waals surface area contributed by atoms with Crippen molar-refractivity contribution in [1.82, 2.24) is 0 Å². The first-order valence-corrected chi connectivity index (χ1v) is 6.83. The molecule has 1 heterocycles. The molecule has 0 radical (unpaired) electrons. The SMILES string of the molecule is CC(C)OC(=O)c1ccc(N2C(=O)C(Cl)=C(Cl)C2=O)cc1. The van der Waals surface area contributed by atoms with Gasteiger partial charge in [0, 0.05) is 0 Å². The minimum Gasteiger partial charge on any atom is -0.459 e. The molecule has 0 atom stereocenters. The number of carbonyl (C=O) groups is 3. The van der Waals surface area contributed by atoms with Crippen molar-refractivity contribution in [3.8, 4) is 0 Å². The van der Waals surface area contributed by atoms with Crippen LogP contribution in [0.1, 0.15) is 24.2 Å². The van der Waals surface area contributed by atoms with Crippen LogP contribution in [0.15, 0.2) is 34.3 Å². The summed E-state index contributed by atoms with van der Waals surface area (Å²) in [6.45, 7) is 3.48. The maximum absolute atomic E-state index is 11.8. The standard InChI is InChI=1S/C14H11Cl2NO4/c1-7(2)21-14(20)8-3-5-9(6-4-8)17-12(18)10(15)11(16)13(17)19/h3-7H,1-2H3. The highest BCUT2D eigenvalue weighted by Crippen LogP contribution is 2.31. The summed E-state index contributed by atoms with van der Waals surface area (Å²) in [6, 6.07) is 5.82. The van der Waals surface area contributed by atoms with E-state index in [-0.39, 0.29) is 21.9 Å². The van der Waals surface area contributed by atoms with E-state index in [0.717, 1.165) is 4.90 Å². The maximum Gasteiger partial charge on any atom is 0.338 e. The molecule has 0 saturated heterocycles. The van der Waals surface area contributed by atoms with E-state index in [1.54, 1.807) is 13.8 Å². The second kappa shape index (κ2) is 5.87. The third kappa shape index (κ3) is 2.94. The average Bonchev–Trinajstić information content (AvgIpc) is 2.63. The van der Waals surface area contributed by atoms with Gasteiger partial charge in [-0.25, -0.2) is 9.69 Å². The van der Waals surface area contributed by atoms with E-state index in [1.165, 1.54) is 24.3 Å². The first-order valence-electron chi connectivity index (χ1n) is 6.08. The van der Waals surface area contributed by atoms with Crippen LogP contribution in [0.25, 0.3) is 0 Å². The molecule has 0 bridgehead atoms. The number of esters is 1. The minimum atomic E-state index is -0.691. The van der Waals surface area contributed by atoms with Crippen LogP contribution in [0.5, 0.6) is 0 Å². The van der Waals surface area contributed by atoms with Gasteiger partial charge in [0.05, 0.1) is 17.4 Å². The third-order valence-electron chi connectivity index (χ3n) is 2.68. The first kappa shape index (κ1) is 15.5. The summed E-state index contributed by atoms with van der Waals surface area (Å²) < 4.78 is 5.04. The highest BCUT2D eigenvalue weighted by molar-refractivity contribution is 6.62. The number of imide groups is 1. The number of amides is 2. The van der Waals surface area contributed by atoms with Gasteiger partial charge in [0.15, 0.2) is 0 Å². The second-order valence-electron chi connectivity index (χ2n) is 4.57. The van der Waals surface area contributed by atoms with Crippen molar-refractivity contribution in [2.24, 2.45) is 0 Å². The van der Waals surface area contributed by atoms with E-state index < -0.39 is 17.8 Å². The molecule has 1 aromatic carbocycles. The van der Waals surface area contributed by atoms with Crippen LogP contribution in [-0.2, 0) is 14.3 Å². The molecule has 0 aromatic heterocycles. The quantitative estimate of drug-likeness (QED) is 0.632. The normalized spacial score (nSPS) is 15.2. The van der Waals surface area contributed by atoms with Crippen molar-refractivity contribution < 1.29 is 19.1 Å². The number of rotatable bonds is 3. The van der Waals surface area contributed by atoms with Crippen LogP contribution in [0, 0.1) is 0 Å². The molecule has 21 heavy (non-hydrogen) atoms. The highest BCUT2D eigenvalue weighted by Gasteiger charge is 2.37. The van der Waals surface area contributed by atoms with E-state index in [0.29, 0.717) is 5.56 Å². The summed E-state index contributed by atoms with van der Waals surface area (Å²) in [5, 5.41) is -0.630. The Morgan fingerprint density at radius 2 is 1.52 bits per heavy atom. The van der Waals surface area contributed by atoms with E-state index in [4.69, 9.17) is 27.9 Å². The Bertz CT molecular complexity index is 625. The molecule has 7 heteroatoms. The third-order valence-corrected chi connectivity index (χ3v) is 3.48. The molecule has 0 saturated carbocycles. The van der Waals surface area contributed by atoms with Gasteiger partial charge in [0.1, 0.15) is 10.1 Å². The fourth-order valence-electron chi connectivity index (χ4n) is 1.74. The van der Waals surface area contributed by atoms with Gasteiger partial charge in [-0.05, 0) is 38.1 Å². The van der Waals surface area contributed by atoms with Crippen LogP contribution < -0.4 is 4.90 Å². The molecular formula is C14H11Cl2NO4. The predicted molar refractivity (Wildman–Crippen MR) is 78.2 cm³/mol. The lowest BCUT2D eigenvalue weighted by molar-refractivity contribution is -0.120.